The zero-order chi connectivity index (χ0) is 14.6. The summed E-state index contributed by atoms with van der Waals surface area (Å²) in [7, 11) is 0. The molecular weight excluding hydrogens is 285 g/mol. The third-order valence-corrected chi connectivity index (χ3v) is 2.65. The van der Waals surface area contributed by atoms with Gasteiger partial charge in [-0.05, 0) is 13.8 Å². The van der Waals surface area contributed by atoms with E-state index in [-0.39, 0.29) is 12.6 Å². The van der Waals surface area contributed by atoms with Gasteiger partial charge >= 0.3 is 6.18 Å². The molecule has 110 valence electrons. The van der Waals surface area contributed by atoms with Crippen LogP contribution in [0.15, 0.2) is 6.20 Å². The van der Waals surface area contributed by atoms with Gasteiger partial charge in [0, 0.05) is 6.04 Å². The average molecular weight is 301 g/mol. The van der Waals surface area contributed by atoms with Crippen molar-refractivity contribution in [3.63, 3.8) is 0 Å². The molecule has 0 spiro atoms. The molecular formula is C10H16ClF3N4O. The van der Waals surface area contributed by atoms with Crippen LogP contribution in [0.5, 0.6) is 0 Å². The van der Waals surface area contributed by atoms with E-state index in [4.69, 9.17) is 17.4 Å². The molecule has 1 heterocycles. The minimum atomic E-state index is -4.37. The zero-order valence-corrected chi connectivity index (χ0v) is 11.3. The summed E-state index contributed by atoms with van der Waals surface area (Å²) < 4.78 is 42.2. The van der Waals surface area contributed by atoms with Gasteiger partial charge in [-0.15, -0.1) is 0 Å². The van der Waals surface area contributed by atoms with E-state index in [2.05, 4.69) is 15.3 Å². The van der Waals surface area contributed by atoms with Crippen LogP contribution in [-0.4, -0.2) is 29.2 Å². The van der Waals surface area contributed by atoms with Crippen LogP contribution in [0.25, 0.3) is 0 Å². The Morgan fingerprint density at radius 3 is 2.63 bits per heavy atom. The lowest BCUT2D eigenvalue weighted by Gasteiger charge is -2.20. The lowest BCUT2D eigenvalue weighted by Crippen LogP contribution is -2.34. The molecule has 1 aromatic rings. The van der Waals surface area contributed by atoms with Gasteiger partial charge in [-0.3, -0.25) is 10.5 Å². The van der Waals surface area contributed by atoms with Crippen LogP contribution in [-0.2, 0) is 4.74 Å². The largest absolute Gasteiger partial charge is 0.411 e. The summed E-state index contributed by atoms with van der Waals surface area (Å²) in [4.78, 5) is 0. The summed E-state index contributed by atoms with van der Waals surface area (Å²) in [6.45, 7) is 2.15. The highest BCUT2D eigenvalue weighted by Crippen LogP contribution is 2.26. The number of nitrogens with one attached hydrogen (secondary N) is 1. The number of aromatic nitrogens is 2. The van der Waals surface area contributed by atoms with Crippen molar-refractivity contribution in [1.82, 2.24) is 15.2 Å². The third-order valence-electron chi connectivity index (χ3n) is 2.36. The zero-order valence-electron chi connectivity index (χ0n) is 10.5. The number of alkyl halides is 3. The molecule has 0 aliphatic carbocycles. The molecule has 9 heteroatoms. The second-order valence-corrected chi connectivity index (χ2v) is 4.67. The molecule has 0 aliphatic heterocycles. The fraction of sp³-hybridized carbons (Fsp3) is 0.700. The van der Waals surface area contributed by atoms with Crippen molar-refractivity contribution in [3.8, 4) is 0 Å². The molecule has 3 N–H and O–H groups in total. The lowest BCUT2D eigenvalue weighted by molar-refractivity contribution is -0.175. The Morgan fingerprint density at radius 1 is 1.53 bits per heavy atom. The summed E-state index contributed by atoms with van der Waals surface area (Å²) in [6, 6.07) is -0.666. The second-order valence-electron chi connectivity index (χ2n) is 4.27. The van der Waals surface area contributed by atoms with E-state index in [0.717, 1.165) is 0 Å². The van der Waals surface area contributed by atoms with E-state index >= 15 is 0 Å². The van der Waals surface area contributed by atoms with Gasteiger partial charge in [-0.2, -0.15) is 18.3 Å². The number of hydrogen-bond donors (Lipinski definition) is 2. The van der Waals surface area contributed by atoms with E-state index < -0.39 is 18.8 Å². The molecule has 0 radical (unpaired) electrons. The number of hydrazine groups is 1. The third kappa shape index (κ3) is 4.64. The van der Waals surface area contributed by atoms with E-state index in [1.54, 1.807) is 4.68 Å². The van der Waals surface area contributed by atoms with Gasteiger partial charge in [0.1, 0.15) is 6.61 Å². The summed E-state index contributed by atoms with van der Waals surface area (Å²) in [5.41, 5.74) is 2.89. The van der Waals surface area contributed by atoms with Crippen LogP contribution in [0.1, 0.15) is 31.6 Å². The summed E-state index contributed by atoms with van der Waals surface area (Å²) >= 11 is 5.97. The van der Waals surface area contributed by atoms with Gasteiger partial charge in [0.05, 0.1) is 29.6 Å². The van der Waals surface area contributed by atoms with Crippen molar-refractivity contribution in [2.45, 2.75) is 32.1 Å². The van der Waals surface area contributed by atoms with Gasteiger partial charge in [0.2, 0.25) is 0 Å². The molecule has 0 aromatic carbocycles. The molecule has 0 bridgehead atoms. The molecule has 0 saturated carbocycles. The molecule has 0 fully saturated rings. The highest BCUT2D eigenvalue weighted by atomic mass is 35.5. The maximum atomic E-state index is 12.0. The first-order valence-corrected chi connectivity index (χ1v) is 5.97. The van der Waals surface area contributed by atoms with E-state index in [0.29, 0.717) is 10.7 Å². The van der Waals surface area contributed by atoms with Crippen molar-refractivity contribution < 1.29 is 17.9 Å². The Morgan fingerprint density at radius 2 is 2.16 bits per heavy atom. The standard InChI is InChI=1S/C10H16ClF3N4O/c1-6(2)18-9(7(11)3-16-18)8(17-15)4-19-5-10(12,13)14/h3,6,8,17H,4-5,15H2,1-2H3. The average Bonchev–Trinajstić information content (AvgIpc) is 2.65. The van der Waals surface area contributed by atoms with Gasteiger partial charge in [-0.1, -0.05) is 11.6 Å². The highest BCUT2D eigenvalue weighted by molar-refractivity contribution is 6.31. The molecule has 0 aliphatic rings. The first kappa shape index (κ1) is 16.2. The minimum absolute atomic E-state index is 0.000895. The van der Waals surface area contributed by atoms with Crippen LogP contribution >= 0.6 is 11.6 Å². The molecule has 1 unspecified atom stereocenters. The Kier molecular flexibility index (Phi) is 5.60. The number of halogens is 4. The highest BCUT2D eigenvalue weighted by Gasteiger charge is 2.29. The van der Waals surface area contributed by atoms with Crippen LogP contribution in [0.4, 0.5) is 13.2 Å². The van der Waals surface area contributed by atoms with Crippen molar-refractivity contribution in [2.75, 3.05) is 13.2 Å². The number of ether oxygens (including phenoxy) is 1. The normalized spacial score (nSPS) is 14.1. The molecule has 5 nitrogen and oxygen atoms in total. The van der Waals surface area contributed by atoms with E-state index in [1.807, 2.05) is 13.8 Å². The number of nitrogens with zero attached hydrogens (tertiary/aromatic N) is 2. The predicted molar refractivity (Wildman–Crippen MR) is 64.6 cm³/mol. The number of hydrogen-bond acceptors (Lipinski definition) is 4. The van der Waals surface area contributed by atoms with Gasteiger partial charge in [0.25, 0.3) is 0 Å². The van der Waals surface area contributed by atoms with Crippen molar-refractivity contribution in [3.05, 3.63) is 16.9 Å². The molecule has 1 aromatic heterocycles. The first-order chi connectivity index (χ1) is 8.76. The van der Waals surface area contributed by atoms with Crippen LogP contribution in [0.2, 0.25) is 5.02 Å². The Bertz CT molecular complexity index is 408. The van der Waals surface area contributed by atoms with Crippen LogP contribution < -0.4 is 11.3 Å². The Hall–Kier alpha value is -0.830. The fourth-order valence-electron chi connectivity index (χ4n) is 1.59. The minimum Gasteiger partial charge on any atom is -0.370 e. The van der Waals surface area contributed by atoms with Crippen molar-refractivity contribution >= 4 is 11.6 Å². The van der Waals surface area contributed by atoms with Crippen molar-refractivity contribution in [1.29, 1.82) is 0 Å². The number of nitrogens with two attached hydrogens (primary N) is 1. The summed E-state index contributed by atoms with van der Waals surface area (Å²) in [5, 5.41) is 4.38. The Balaban J connectivity index is 2.77. The predicted octanol–water partition coefficient (Wildman–Crippen LogP) is 2.20. The van der Waals surface area contributed by atoms with E-state index in [1.165, 1.54) is 6.20 Å². The molecule has 0 amide bonds. The molecule has 19 heavy (non-hydrogen) atoms. The first-order valence-electron chi connectivity index (χ1n) is 5.59. The number of rotatable bonds is 6. The lowest BCUT2D eigenvalue weighted by atomic mass is 10.2. The molecule has 1 rings (SSSR count). The second kappa shape index (κ2) is 6.56. The summed E-state index contributed by atoms with van der Waals surface area (Å²) in [6.07, 6.45) is -2.95. The summed E-state index contributed by atoms with van der Waals surface area (Å²) in [5.74, 6) is 5.34. The van der Waals surface area contributed by atoms with Gasteiger partial charge in [-0.25, -0.2) is 5.43 Å². The monoisotopic (exact) mass is 300 g/mol. The SMILES string of the molecule is CC(C)n1ncc(Cl)c1C(COCC(F)(F)F)NN. The topological polar surface area (TPSA) is 65.1 Å². The van der Waals surface area contributed by atoms with Crippen LogP contribution in [0, 0.1) is 0 Å². The molecule has 0 saturated heterocycles. The quantitative estimate of drug-likeness (QED) is 0.624. The van der Waals surface area contributed by atoms with Gasteiger partial charge < -0.3 is 4.74 Å². The smallest absolute Gasteiger partial charge is 0.370 e. The maximum Gasteiger partial charge on any atom is 0.411 e. The maximum absolute atomic E-state index is 12.0. The molecule has 1 atom stereocenters. The Labute approximate surface area is 113 Å². The van der Waals surface area contributed by atoms with Gasteiger partial charge in [0.15, 0.2) is 0 Å². The van der Waals surface area contributed by atoms with Crippen molar-refractivity contribution in [2.24, 2.45) is 5.84 Å². The fourth-order valence-corrected chi connectivity index (χ4v) is 1.85. The van der Waals surface area contributed by atoms with Crippen LogP contribution in [0.3, 0.4) is 0 Å². The van der Waals surface area contributed by atoms with E-state index in [9.17, 15) is 13.2 Å².